The van der Waals surface area contributed by atoms with Crippen LogP contribution in [0.5, 0.6) is 5.88 Å². The molecule has 1 aliphatic rings. The smallest absolute Gasteiger partial charge is 0.255 e. The Morgan fingerprint density at radius 3 is 2.77 bits per heavy atom. The van der Waals surface area contributed by atoms with Gasteiger partial charge in [0.15, 0.2) is 5.82 Å². The molecule has 1 amide bonds. The van der Waals surface area contributed by atoms with Gasteiger partial charge >= 0.3 is 0 Å². The van der Waals surface area contributed by atoms with Crippen molar-refractivity contribution in [3.05, 3.63) is 60.6 Å². The van der Waals surface area contributed by atoms with Crippen LogP contribution in [0.15, 0.2) is 55.0 Å². The third-order valence-electron chi connectivity index (χ3n) is 4.64. The highest BCUT2D eigenvalue weighted by Crippen LogP contribution is 2.27. The summed E-state index contributed by atoms with van der Waals surface area (Å²) in [5, 5.41) is 8.34. The van der Waals surface area contributed by atoms with Gasteiger partial charge in [-0.3, -0.25) is 4.79 Å². The van der Waals surface area contributed by atoms with Crippen molar-refractivity contribution in [2.45, 2.75) is 12.5 Å². The van der Waals surface area contributed by atoms with E-state index in [-0.39, 0.29) is 11.9 Å². The van der Waals surface area contributed by atoms with Crippen molar-refractivity contribution in [2.75, 3.05) is 20.2 Å². The van der Waals surface area contributed by atoms with Gasteiger partial charge in [-0.15, -0.1) is 10.2 Å². The summed E-state index contributed by atoms with van der Waals surface area (Å²) in [6.07, 6.45) is 4.17. The molecule has 0 aliphatic carbocycles. The Morgan fingerprint density at radius 1 is 1.19 bits per heavy atom. The van der Waals surface area contributed by atoms with Crippen LogP contribution < -0.4 is 4.74 Å². The van der Waals surface area contributed by atoms with Gasteiger partial charge < -0.3 is 14.2 Å². The largest absolute Gasteiger partial charge is 0.481 e. The molecule has 1 fully saturated rings. The summed E-state index contributed by atoms with van der Waals surface area (Å²) in [7, 11) is 1.55. The molecule has 0 radical (unpaired) electrons. The van der Waals surface area contributed by atoms with Crippen molar-refractivity contribution in [1.29, 1.82) is 0 Å². The van der Waals surface area contributed by atoms with Crippen molar-refractivity contribution in [3.8, 4) is 17.3 Å². The van der Waals surface area contributed by atoms with Crippen molar-refractivity contribution >= 4 is 5.91 Å². The van der Waals surface area contributed by atoms with Crippen LogP contribution in [0.3, 0.4) is 0 Å². The Bertz CT molecular complexity index is 892. The number of pyridine rings is 1. The molecule has 7 heteroatoms. The average Bonchev–Trinajstić information content (AvgIpc) is 3.37. The Labute approximate surface area is 151 Å². The number of methoxy groups -OCH3 is 1. The molecule has 0 bridgehead atoms. The summed E-state index contributed by atoms with van der Waals surface area (Å²) in [5.41, 5.74) is 1.59. The van der Waals surface area contributed by atoms with E-state index in [1.807, 2.05) is 35.2 Å². The van der Waals surface area contributed by atoms with E-state index in [4.69, 9.17) is 4.74 Å². The molecule has 1 atom stereocenters. The molecule has 0 unspecified atom stereocenters. The number of carbonyl (C=O) groups excluding carboxylic acids is 1. The zero-order valence-corrected chi connectivity index (χ0v) is 14.4. The number of hydrogen-bond acceptors (Lipinski definition) is 5. The average molecular weight is 349 g/mol. The number of hydrogen-bond donors (Lipinski definition) is 0. The number of likely N-dealkylation sites (tertiary alicyclic amines) is 1. The predicted octanol–water partition coefficient (Wildman–Crippen LogP) is 2.44. The van der Waals surface area contributed by atoms with Gasteiger partial charge in [0.1, 0.15) is 6.33 Å². The molecule has 1 saturated heterocycles. The lowest BCUT2D eigenvalue weighted by Crippen LogP contribution is -2.29. The maximum Gasteiger partial charge on any atom is 0.255 e. The fraction of sp³-hybridized carbons (Fsp3) is 0.263. The van der Waals surface area contributed by atoms with Crippen LogP contribution in [0.2, 0.25) is 0 Å². The Morgan fingerprint density at radius 2 is 2.04 bits per heavy atom. The van der Waals surface area contributed by atoms with Crippen LogP contribution in [0, 0.1) is 0 Å². The number of ether oxygens (including phenoxy) is 1. The Hall–Kier alpha value is -3.22. The molecule has 2 aromatic heterocycles. The van der Waals surface area contributed by atoms with Crippen LogP contribution in [-0.2, 0) is 0 Å². The van der Waals surface area contributed by atoms with Gasteiger partial charge in [0.05, 0.1) is 18.7 Å². The summed E-state index contributed by atoms with van der Waals surface area (Å²) < 4.78 is 7.11. The summed E-state index contributed by atoms with van der Waals surface area (Å²) in [4.78, 5) is 18.7. The van der Waals surface area contributed by atoms with Gasteiger partial charge in [-0.2, -0.15) is 0 Å². The zero-order valence-electron chi connectivity index (χ0n) is 14.4. The number of amides is 1. The van der Waals surface area contributed by atoms with Crippen LogP contribution in [0.1, 0.15) is 22.8 Å². The van der Waals surface area contributed by atoms with E-state index in [0.717, 1.165) is 17.8 Å². The molecule has 0 N–H and O–H groups in total. The molecular formula is C19H19N5O2. The predicted molar refractivity (Wildman–Crippen MR) is 95.8 cm³/mol. The maximum atomic E-state index is 12.7. The second-order valence-electron chi connectivity index (χ2n) is 6.21. The van der Waals surface area contributed by atoms with E-state index in [1.54, 1.807) is 31.8 Å². The first-order chi connectivity index (χ1) is 12.8. The SMILES string of the molecule is COc1ccc(C(=O)N2CC[C@@H](n3cnnc3-c3ccccc3)C2)cn1. The standard InChI is InChI=1S/C19H19N5O2/c1-26-17-8-7-15(11-20-17)19(25)23-10-9-16(12-23)24-13-21-22-18(24)14-5-3-2-4-6-14/h2-8,11,13,16H,9-10,12H2,1H3/t16-/m1/s1. The normalized spacial score (nSPS) is 16.7. The van der Waals surface area contributed by atoms with Gasteiger partial charge in [0, 0.05) is 30.9 Å². The number of aromatic nitrogens is 4. The lowest BCUT2D eigenvalue weighted by molar-refractivity contribution is 0.0787. The minimum Gasteiger partial charge on any atom is -0.481 e. The van der Waals surface area contributed by atoms with Crippen molar-refractivity contribution < 1.29 is 9.53 Å². The first-order valence-electron chi connectivity index (χ1n) is 8.50. The first kappa shape index (κ1) is 16.3. The molecule has 7 nitrogen and oxygen atoms in total. The zero-order chi connectivity index (χ0) is 17.9. The van der Waals surface area contributed by atoms with E-state index in [0.29, 0.717) is 24.5 Å². The minimum absolute atomic E-state index is 0.0167. The molecule has 4 rings (SSSR count). The van der Waals surface area contributed by atoms with Crippen LogP contribution in [0.4, 0.5) is 0 Å². The second kappa shape index (κ2) is 6.95. The van der Waals surface area contributed by atoms with Crippen LogP contribution in [-0.4, -0.2) is 50.8 Å². The molecule has 132 valence electrons. The summed E-state index contributed by atoms with van der Waals surface area (Å²) in [6.45, 7) is 1.32. The number of rotatable bonds is 4. The summed E-state index contributed by atoms with van der Waals surface area (Å²) in [6, 6.07) is 13.6. The third kappa shape index (κ3) is 3.03. The van der Waals surface area contributed by atoms with Crippen LogP contribution in [0.25, 0.3) is 11.4 Å². The van der Waals surface area contributed by atoms with Gasteiger partial charge in [-0.1, -0.05) is 30.3 Å². The molecule has 1 aromatic carbocycles. The monoisotopic (exact) mass is 349 g/mol. The molecule has 1 aliphatic heterocycles. The van der Waals surface area contributed by atoms with Gasteiger partial charge in [-0.25, -0.2) is 4.98 Å². The number of nitrogens with zero attached hydrogens (tertiary/aromatic N) is 5. The first-order valence-corrected chi connectivity index (χ1v) is 8.50. The second-order valence-corrected chi connectivity index (χ2v) is 6.21. The van der Waals surface area contributed by atoms with Crippen molar-refractivity contribution in [3.63, 3.8) is 0 Å². The van der Waals surface area contributed by atoms with Crippen LogP contribution >= 0.6 is 0 Å². The number of benzene rings is 1. The quantitative estimate of drug-likeness (QED) is 0.723. The lowest BCUT2D eigenvalue weighted by Gasteiger charge is -2.18. The van der Waals surface area contributed by atoms with Crippen molar-refractivity contribution in [2.24, 2.45) is 0 Å². The highest BCUT2D eigenvalue weighted by molar-refractivity contribution is 5.94. The maximum absolute atomic E-state index is 12.7. The van der Waals surface area contributed by atoms with E-state index in [1.165, 1.54) is 0 Å². The highest BCUT2D eigenvalue weighted by Gasteiger charge is 2.29. The van der Waals surface area contributed by atoms with E-state index >= 15 is 0 Å². The lowest BCUT2D eigenvalue weighted by atomic mass is 10.2. The molecule has 3 heterocycles. The number of carbonyl (C=O) groups is 1. The fourth-order valence-corrected chi connectivity index (χ4v) is 3.27. The van der Waals surface area contributed by atoms with Gasteiger partial charge in [-0.05, 0) is 12.5 Å². The molecular weight excluding hydrogens is 330 g/mol. The summed E-state index contributed by atoms with van der Waals surface area (Å²) in [5.74, 6) is 1.31. The Balaban J connectivity index is 1.51. The van der Waals surface area contributed by atoms with E-state index in [9.17, 15) is 4.79 Å². The van der Waals surface area contributed by atoms with Crippen molar-refractivity contribution in [1.82, 2.24) is 24.6 Å². The van der Waals surface area contributed by atoms with E-state index in [2.05, 4.69) is 19.7 Å². The van der Waals surface area contributed by atoms with Gasteiger partial charge in [0.25, 0.3) is 5.91 Å². The Kier molecular flexibility index (Phi) is 4.35. The molecule has 0 spiro atoms. The summed E-state index contributed by atoms with van der Waals surface area (Å²) >= 11 is 0. The molecule has 0 saturated carbocycles. The molecule has 3 aromatic rings. The fourth-order valence-electron chi connectivity index (χ4n) is 3.27. The topological polar surface area (TPSA) is 73.1 Å². The van der Waals surface area contributed by atoms with E-state index < -0.39 is 0 Å². The minimum atomic E-state index is -0.0167. The highest BCUT2D eigenvalue weighted by atomic mass is 16.5. The third-order valence-corrected chi connectivity index (χ3v) is 4.64. The van der Waals surface area contributed by atoms with Gasteiger partial charge in [0.2, 0.25) is 5.88 Å². The molecule has 26 heavy (non-hydrogen) atoms.